The summed E-state index contributed by atoms with van der Waals surface area (Å²) in [6, 6.07) is 13.7. The summed E-state index contributed by atoms with van der Waals surface area (Å²) in [5.41, 5.74) is 0.690. The van der Waals surface area contributed by atoms with Crippen molar-refractivity contribution in [3.8, 4) is 0 Å². The number of amides is 1. The Morgan fingerprint density at radius 3 is 2.52 bits per heavy atom. The maximum absolute atomic E-state index is 12.7. The molecule has 0 atom stereocenters. The number of aliphatic carboxylic acids is 1. The minimum absolute atomic E-state index is 0.0212. The first kappa shape index (κ1) is 15.5. The molecule has 23 heavy (non-hydrogen) atoms. The molecule has 0 spiro atoms. The van der Waals surface area contributed by atoms with Crippen molar-refractivity contribution in [2.24, 2.45) is 0 Å². The van der Waals surface area contributed by atoms with Gasteiger partial charge in [-0.05, 0) is 29.3 Å². The van der Waals surface area contributed by atoms with Crippen molar-refractivity contribution in [2.45, 2.75) is 6.42 Å². The third-order valence-electron chi connectivity index (χ3n) is 4.23. The molecule has 2 aromatic rings. The number of rotatable bonds is 3. The fourth-order valence-corrected chi connectivity index (χ4v) is 3.03. The van der Waals surface area contributed by atoms with Crippen LogP contribution < -0.4 is 0 Å². The third kappa shape index (κ3) is 3.68. The van der Waals surface area contributed by atoms with E-state index >= 15 is 0 Å². The number of carboxylic acid groups (broad SMARTS) is 1. The first-order chi connectivity index (χ1) is 11.1. The summed E-state index contributed by atoms with van der Waals surface area (Å²) >= 11 is 0. The molecule has 0 bridgehead atoms. The first-order valence-corrected chi connectivity index (χ1v) is 7.86. The molecule has 0 radical (unpaired) electrons. The van der Waals surface area contributed by atoms with Gasteiger partial charge in [0.1, 0.15) is 0 Å². The van der Waals surface area contributed by atoms with E-state index in [4.69, 9.17) is 5.11 Å². The van der Waals surface area contributed by atoms with E-state index in [1.807, 2.05) is 52.3 Å². The lowest BCUT2D eigenvalue weighted by Crippen LogP contribution is -2.36. The molecule has 1 amide bonds. The van der Waals surface area contributed by atoms with Gasteiger partial charge in [0.2, 0.25) is 0 Å². The van der Waals surface area contributed by atoms with E-state index in [1.165, 1.54) is 0 Å². The number of hydrogen-bond acceptors (Lipinski definition) is 3. The SMILES string of the molecule is O=C(O)CN1CCCN(C(=O)c2ccc3ccccc3c2)CC1. The Labute approximate surface area is 135 Å². The molecule has 0 saturated carbocycles. The molecule has 1 aliphatic rings. The van der Waals surface area contributed by atoms with Crippen LogP contribution in [0, 0.1) is 0 Å². The Kier molecular flexibility index (Phi) is 4.57. The van der Waals surface area contributed by atoms with E-state index in [1.54, 1.807) is 0 Å². The number of carbonyl (C=O) groups is 2. The molecule has 0 aromatic heterocycles. The van der Waals surface area contributed by atoms with Crippen LogP contribution in [0.5, 0.6) is 0 Å². The van der Waals surface area contributed by atoms with Crippen LogP contribution in [0.2, 0.25) is 0 Å². The van der Waals surface area contributed by atoms with E-state index in [2.05, 4.69) is 0 Å². The third-order valence-corrected chi connectivity index (χ3v) is 4.23. The molecule has 120 valence electrons. The highest BCUT2D eigenvalue weighted by molar-refractivity contribution is 5.98. The van der Waals surface area contributed by atoms with Gasteiger partial charge >= 0.3 is 5.97 Å². The molecule has 0 unspecified atom stereocenters. The van der Waals surface area contributed by atoms with Crippen LogP contribution in [-0.4, -0.2) is 59.5 Å². The molecule has 1 N–H and O–H groups in total. The largest absolute Gasteiger partial charge is 0.480 e. The number of hydrogen-bond donors (Lipinski definition) is 1. The van der Waals surface area contributed by atoms with Gasteiger partial charge in [0.05, 0.1) is 6.54 Å². The highest BCUT2D eigenvalue weighted by atomic mass is 16.4. The molecule has 1 fully saturated rings. The van der Waals surface area contributed by atoms with Crippen molar-refractivity contribution < 1.29 is 14.7 Å². The van der Waals surface area contributed by atoms with Gasteiger partial charge in [-0.25, -0.2) is 0 Å². The van der Waals surface area contributed by atoms with Crippen molar-refractivity contribution >= 4 is 22.6 Å². The Balaban J connectivity index is 1.72. The molecular formula is C18H20N2O3. The average Bonchev–Trinajstić information content (AvgIpc) is 2.79. The lowest BCUT2D eigenvalue weighted by Gasteiger charge is -2.21. The molecule has 1 heterocycles. The molecule has 0 aliphatic carbocycles. The monoisotopic (exact) mass is 312 g/mol. The van der Waals surface area contributed by atoms with Crippen LogP contribution in [0.25, 0.3) is 10.8 Å². The highest BCUT2D eigenvalue weighted by Crippen LogP contribution is 2.17. The Hall–Kier alpha value is -2.40. The second-order valence-corrected chi connectivity index (χ2v) is 5.88. The molecule has 1 aliphatic heterocycles. The van der Waals surface area contributed by atoms with Crippen molar-refractivity contribution in [1.29, 1.82) is 0 Å². The maximum Gasteiger partial charge on any atom is 0.317 e. The van der Waals surface area contributed by atoms with Gasteiger partial charge in [0.15, 0.2) is 0 Å². The predicted molar refractivity (Wildman–Crippen MR) is 88.5 cm³/mol. The summed E-state index contributed by atoms with van der Waals surface area (Å²) in [6.45, 7) is 2.60. The first-order valence-electron chi connectivity index (χ1n) is 7.86. The van der Waals surface area contributed by atoms with Crippen molar-refractivity contribution in [3.63, 3.8) is 0 Å². The van der Waals surface area contributed by atoms with Crippen molar-refractivity contribution in [2.75, 3.05) is 32.7 Å². The van der Waals surface area contributed by atoms with E-state index in [9.17, 15) is 9.59 Å². The van der Waals surface area contributed by atoms with Gasteiger partial charge < -0.3 is 10.0 Å². The lowest BCUT2D eigenvalue weighted by molar-refractivity contribution is -0.138. The zero-order valence-corrected chi connectivity index (χ0v) is 12.9. The van der Waals surface area contributed by atoms with E-state index in [0.717, 1.165) is 17.2 Å². The highest BCUT2D eigenvalue weighted by Gasteiger charge is 2.21. The fraction of sp³-hybridized carbons (Fsp3) is 0.333. The quantitative estimate of drug-likeness (QED) is 0.942. The summed E-state index contributed by atoms with van der Waals surface area (Å²) in [5.74, 6) is -0.799. The summed E-state index contributed by atoms with van der Waals surface area (Å²) in [7, 11) is 0. The van der Waals surface area contributed by atoms with E-state index < -0.39 is 5.97 Å². The average molecular weight is 312 g/mol. The second-order valence-electron chi connectivity index (χ2n) is 5.88. The second kappa shape index (κ2) is 6.79. The molecule has 3 rings (SSSR count). The summed E-state index contributed by atoms with van der Waals surface area (Å²) in [4.78, 5) is 27.2. The Morgan fingerprint density at radius 1 is 0.957 bits per heavy atom. The van der Waals surface area contributed by atoms with Gasteiger partial charge in [0.25, 0.3) is 5.91 Å². The zero-order valence-electron chi connectivity index (χ0n) is 12.9. The van der Waals surface area contributed by atoms with Crippen LogP contribution >= 0.6 is 0 Å². The van der Waals surface area contributed by atoms with Crippen molar-refractivity contribution in [3.05, 3.63) is 48.0 Å². The summed E-state index contributed by atoms with van der Waals surface area (Å²) in [5, 5.41) is 11.1. The summed E-state index contributed by atoms with van der Waals surface area (Å²) < 4.78 is 0. The predicted octanol–water partition coefficient (Wildman–Crippen LogP) is 2.07. The molecule has 2 aromatic carbocycles. The summed E-state index contributed by atoms with van der Waals surface area (Å²) in [6.07, 6.45) is 0.798. The number of fused-ring (bicyclic) bond motifs is 1. The van der Waals surface area contributed by atoms with Gasteiger partial charge in [-0.3, -0.25) is 14.5 Å². The normalized spacial score (nSPS) is 16.3. The van der Waals surface area contributed by atoms with Crippen LogP contribution in [0.4, 0.5) is 0 Å². The Morgan fingerprint density at radius 2 is 1.74 bits per heavy atom. The maximum atomic E-state index is 12.7. The number of benzene rings is 2. The zero-order chi connectivity index (χ0) is 16.2. The minimum Gasteiger partial charge on any atom is -0.480 e. The van der Waals surface area contributed by atoms with E-state index in [0.29, 0.717) is 31.7 Å². The van der Waals surface area contributed by atoms with Crippen LogP contribution in [-0.2, 0) is 4.79 Å². The smallest absolute Gasteiger partial charge is 0.317 e. The van der Waals surface area contributed by atoms with Gasteiger partial charge in [-0.1, -0.05) is 30.3 Å². The van der Waals surface area contributed by atoms with Gasteiger partial charge in [-0.15, -0.1) is 0 Å². The van der Waals surface area contributed by atoms with Crippen LogP contribution in [0.3, 0.4) is 0 Å². The van der Waals surface area contributed by atoms with Crippen LogP contribution in [0.1, 0.15) is 16.8 Å². The number of carbonyl (C=O) groups excluding carboxylic acids is 1. The van der Waals surface area contributed by atoms with E-state index in [-0.39, 0.29) is 12.5 Å². The standard InChI is InChI=1S/C18H20N2O3/c21-17(22)13-19-8-3-9-20(11-10-19)18(23)16-7-6-14-4-1-2-5-15(14)12-16/h1-2,4-7,12H,3,8-11,13H2,(H,21,22). The lowest BCUT2D eigenvalue weighted by atomic mass is 10.1. The van der Waals surface area contributed by atoms with Gasteiger partial charge in [0, 0.05) is 31.7 Å². The van der Waals surface area contributed by atoms with Crippen molar-refractivity contribution in [1.82, 2.24) is 9.80 Å². The molecule has 5 nitrogen and oxygen atoms in total. The van der Waals surface area contributed by atoms with Gasteiger partial charge in [-0.2, -0.15) is 0 Å². The minimum atomic E-state index is -0.820. The van der Waals surface area contributed by atoms with Crippen LogP contribution in [0.15, 0.2) is 42.5 Å². The molecule has 5 heteroatoms. The molecular weight excluding hydrogens is 292 g/mol. The fourth-order valence-electron chi connectivity index (χ4n) is 3.03. The molecule has 1 saturated heterocycles. The topological polar surface area (TPSA) is 60.9 Å². The number of carboxylic acids is 1. The Bertz CT molecular complexity index is 729. The number of nitrogens with zero attached hydrogens (tertiary/aromatic N) is 2.